The summed E-state index contributed by atoms with van der Waals surface area (Å²) in [4.78, 5) is 0.241. The van der Waals surface area contributed by atoms with Crippen LogP contribution >= 0.6 is 15.9 Å². The summed E-state index contributed by atoms with van der Waals surface area (Å²) in [5, 5.41) is 9.04. The van der Waals surface area contributed by atoms with E-state index in [-0.39, 0.29) is 11.5 Å². The number of halogens is 1. The van der Waals surface area contributed by atoms with Crippen molar-refractivity contribution in [1.29, 1.82) is 0 Å². The predicted octanol–water partition coefficient (Wildman–Crippen LogP) is 2.59. The molecule has 2 N–H and O–H groups in total. The number of hydrogen-bond donors (Lipinski definition) is 2. The molecular formula is C13H20BrNO3S. The van der Waals surface area contributed by atoms with E-state index in [0.29, 0.717) is 12.8 Å². The second-order valence-electron chi connectivity index (χ2n) is 4.90. The van der Waals surface area contributed by atoms with E-state index < -0.39 is 15.6 Å². The molecular weight excluding hydrogens is 330 g/mol. The van der Waals surface area contributed by atoms with E-state index in [1.165, 1.54) is 0 Å². The van der Waals surface area contributed by atoms with E-state index in [1.807, 2.05) is 13.8 Å². The van der Waals surface area contributed by atoms with Gasteiger partial charge in [-0.05, 0) is 50.5 Å². The summed E-state index contributed by atoms with van der Waals surface area (Å²) in [7, 11) is -3.57. The molecule has 1 rings (SSSR count). The van der Waals surface area contributed by atoms with E-state index in [2.05, 4.69) is 20.7 Å². The number of aryl methyl sites for hydroxylation is 1. The van der Waals surface area contributed by atoms with Gasteiger partial charge in [0, 0.05) is 16.6 Å². The molecule has 1 atom stereocenters. The molecule has 0 amide bonds. The zero-order valence-corrected chi connectivity index (χ0v) is 13.8. The van der Waals surface area contributed by atoms with Crippen molar-refractivity contribution in [1.82, 2.24) is 4.72 Å². The van der Waals surface area contributed by atoms with E-state index in [9.17, 15) is 8.42 Å². The quantitative estimate of drug-likeness (QED) is 0.829. The van der Waals surface area contributed by atoms with Crippen molar-refractivity contribution < 1.29 is 13.5 Å². The minimum atomic E-state index is -3.57. The maximum atomic E-state index is 12.3. The summed E-state index contributed by atoms with van der Waals surface area (Å²) in [6.07, 6.45) is 1.00. The van der Waals surface area contributed by atoms with E-state index in [1.54, 1.807) is 25.1 Å². The van der Waals surface area contributed by atoms with Crippen LogP contribution in [-0.2, 0) is 10.0 Å². The molecule has 0 fully saturated rings. The molecule has 0 aliphatic carbocycles. The van der Waals surface area contributed by atoms with Gasteiger partial charge in [0.05, 0.1) is 4.90 Å². The Morgan fingerprint density at radius 2 is 2.05 bits per heavy atom. The van der Waals surface area contributed by atoms with Crippen molar-refractivity contribution in [3.05, 3.63) is 28.2 Å². The Morgan fingerprint density at radius 1 is 1.42 bits per heavy atom. The fourth-order valence-corrected chi connectivity index (χ4v) is 3.55. The molecule has 0 saturated carbocycles. The molecule has 0 aliphatic rings. The Balaban J connectivity index is 3.07. The zero-order chi connectivity index (χ0) is 14.7. The first-order chi connectivity index (χ1) is 8.74. The third-order valence-corrected chi connectivity index (χ3v) is 5.79. The summed E-state index contributed by atoms with van der Waals surface area (Å²) < 4.78 is 28.2. The Hall–Kier alpha value is -0.430. The highest BCUT2D eigenvalue weighted by Gasteiger charge is 2.28. The van der Waals surface area contributed by atoms with Crippen LogP contribution in [0.1, 0.15) is 32.3 Å². The summed E-state index contributed by atoms with van der Waals surface area (Å²) in [5.74, 6) is 0. The molecule has 108 valence electrons. The van der Waals surface area contributed by atoms with E-state index in [4.69, 9.17) is 5.11 Å². The van der Waals surface area contributed by atoms with Crippen molar-refractivity contribution in [2.24, 2.45) is 0 Å². The molecule has 1 aromatic rings. The molecule has 0 heterocycles. The van der Waals surface area contributed by atoms with Crippen LogP contribution in [0, 0.1) is 6.92 Å². The summed E-state index contributed by atoms with van der Waals surface area (Å²) in [6, 6.07) is 4.91. The van der Waals surface area contributed by atoms with Crippen LogP contribution in [0.15, 0.2) is 27.6 Å². The van der Waals surface area contributed by atoms with Crippen LogP contribution < -0.4 is 4.72 Å². The Bertz CT molecular complexity index is 545. The van der Waals surface area contributed by atoms with Crippen molar-refractivity contribution in [2.75, 3.05) is 6.61 Å². The molecule has 0 saturated heterocycles. The standard InChI is InChI=1S/C13H20BrNO3S/c1-4-13(3,7-8-16)15-19(17,18)11-5-6-12(14)10(2)9-11/h5-6,9,15-16H,4,7-8H2,1-3H3. The molecule has 1 aromatic carbocycles. The lowest BCUT2D eigenvalue weighted by Gasteiger charge is -2.28. The average Bonchev–Trinajstić information content (AvgIpc) is 2.32. The molecule has 0 aromatic heterocycles. The van der Waals surface area contributed by atoms with Gasteiger partial charge in [0.1, 0.15) is 0 Å². The predicted molar refractivity (Wildman–Crippen MR) is 79.6 cm³/mol. The number of benzene rings is 1. The fraction of sp³-hybridized carbons (Fsp3) is 0.538. The number of aliphatic hydroxyl groups is 1. The highest BCUT2D eigenvalue weighted by molar-refractivity contribution is 9.10. The van der Waals surface area contributed by atoms with Gasteiger partial charge in [0.25, 0.3) is 0 Å². The zero-order valence-electron chi connectivity index (χ0n) is 11.4. The van der Waals surface area contributed by atoms with Crippen LogP contribution in [0.2, 0.25) is 0 Å². The van der Waals surface area contributed by atoms with Gasteiger partial charge in [-0.25, -0.2) is 13.1 Å². The lowest BCUT2D eigenvalue weighted by atomic mass is 9.97. The molecule has 6 heteroatoms. The maximum Gasteiger partial charge on any atom is 0.241 e. The third kappa shape index (κ3) is 4.27. The molecule has 0 aliphatic heterocycles. The van der Waals surface area contributed by atoms with Crippen molar-refractivity contribution >= 4 is 26.0 Å². The second-order valence-corrected chi connectivity index (χ2v) is 7.44. The van der Waals surface area contributed by atoms with Gasteiger partial charge in [-0.15, -0.1) is 0 Å². The van der Waals surface area contributed by atoms with Crippen LogP contribution in [0.4, 0.5) is 0 Å². The van der Waals surface area contributed by atoms with Gasteiger partial charge < -0.3 is 5.11 Å². The number of rotatable bonds is 6. The smallest absolute Gasteiger partial charge is 0.241 e. The molecule has 0 radical (unpaired) electrons. The van der Waals surface area contributed by atoms with E-state index in [0.717, 1.165) is 10.0 Å². The molecule has 19 heavy (non-hydrogen) atoms. The van der Waals surface area contributed by atoms with Crippen LogP contribution in [-0.4, -0.2) is 25.7 Å². The lowest BCUT2D eigenvalue weighted by molar-refractivity contribution is 0.233. The highest BCUT2D eigenvalue weighted by atomic mass is 79.9. The Labute approximate surface area is 123 Å². The first kappa shape index (κ1) is 16.6. The number of nitrogens with one attached hydrogen (secondary N) is 1. The van der Waals surface area contributed by atoms with Crippen molar-refractivity contribution in [2.45, 2.75) is 44.0 Å². The lowest BCUT2D eigenvalue weighted by Crippen LogP contribution is -2.46. The minimum Gasteiger partial charge on any atom is -0.396 e. The van der Waals surface area contributed by atoms with Crippen LogP contribution in [0.5, 0.6) is 0 Å². The summed E-state index contributed by atoms with van der Waals surface area (Å²) >= 11 is 3.35. The number of aliphatic hydroxyl groups excluding tert-OH is 1. The molecule has 0 bridgehead atoms. The molecule has 1 unspecified atom stereocenters. The van der Waals surface area contributed by atoms with Gasteiger partial charge in [-0.3, -0.25) is 0 Å². The number of hydrogen-bond acceptors (Lipinski definition) is 3. The van der Waals surface area contributed by atoms with Crippen molar-refractivity contribution in [3.8, 4) is 0 Å². The first-order valence-electron chi connectivity index (χ1n) is 6.15. The normalized spacial score (nSPS) is 15.2. The highest BCUT2D eigenvalue weighted by Crippen LogP contribution is 2.23. The largest absolute Gasteiger partial charge is 0.396 e. The Kier molecular flexibility index (Phi) is 5.55. The SMILES string of the molecule is CCC(C)(CCO)NS(=O)(=O)c1ccc(Br)c(C)c1. The second kappa shape index (κ2) is 6.35. The number of sulfonamides is 1. The van der Waals surface area contributed by atoms with Gasteiger partial charge in [-0.1, -0.05) is 22.9 Å². The molecule has 4 nitrogen and oxygen atoms in total. The maximum absolute atomic E-state index is 12.3. The van der Waals surface area contributed by atoms with Gasteiger partial charge in [0.15, 0.2) is 0 Å². The van der Waals surface area contributed by atoms with Crippen LogP contribution in [0.25, 0.3) is 0 Å². The minimum absolute atomic E-state index is 0.0494. The van der Waals surface area contributed by atoms with Crippen molar-refractivity contribution in [3.63, 3.8) is 0 Å². The first-order valence-corrected chi connectivity index (χ1v) is 8.43. The van der Waals surface area contributed by atoms with Gasteiger partial charge in [-0.2, -0.15) is 0 Å². The van der Waals surface area contributed by atoms with E-state index >= 15 is 0 Å². The fourth-order valence-electron chi connectivity index (χ4n) is 1.71. The topological polar surface area (TPSA) is 66.4 Å². The van der Waals surface area contributed by atoms with Gasteiger partial charge >= 0.3 is 0 Å². The Morgan fingerprint density at radius 3 is 2.53 bits per heavy atom. The molecule has 0 spiro atoms. The van der Waals surface area contributed by atoms with Gasteiger partial charge in [0.2, 0.25) is 10.0 Å². The van der Waals surface area contributed by atoms with Crippen LogP contribution in [0.3, 0.4) is 0 Å². The summed E-state index contributed by atoms with van der Waals surface area (Å²) in [6.45, 7) is 5.49. The monoisotopic (exact) mass is 349 g/mol. The average molecular weight is 350 g/mol. The summed E-state index contributed by atoms with van der Waals surface area (Å²) in [5.41, 5.74) is 0.234. The third-order valence-electron chi connectivity index (χ3n) is 3.26.